The van der Waals surface area contributed by atoms with Gasteiger partial charge in [-0.3, -0.25) is 4.79 Å². The lowest BCUT2D eigenvalue weighted by Gasteiger charge is -2.29. The van der Waals surface area contributed by atoms with Crippen molar-refractivity contribution < 1.29 is 4.79 Å². The molecule has 2 N–H and O–H groups in total. The zero-order valence-corrected chi connectivity index (χ0v) is 15.5. The van der Waals surface area contributed by atoms with Crippen molar-refractivity contribution in [3.63, 3.8) is 0 Å². The van der Waals surface area contributed by atoms with Gasteiger partial charge in [-0.25, -0.2) is 0 Å². The summed E-state index contributed by atoms with van der Waals surface area (Å²) in [5, 5.41) is 0. The van der Waals surface area contributed by atoms with Crippen molar-refractivity contribution in [2.24, 2.45) is 11.7 Å². The van der Waals surface area contributed by atoms with Crippen molar-refractivity contribution in [2.45, 2.75) is 38.3 Å². The molecule has 1 aliphatic rings. The van der Waals surface area contributed by atoms with E-state index in [2.05, 4.69) is 24.3 Å². The first-order valence-electron chi connectivity index (χ1n) is 8.79. The van der Waals surface area contributed by atoms with Crippen LogP contribution in [-0.4, -0.2) is 23.9 Å². The van der Waals surface area contributed by atoms with E-state index in [4.69, 9.17) is 5.73 Å². The van der Waals surface area contributed by atoms with E-state index in [-0.39, 0.29) is 30.3 Å². The van der Waals surface area contributed by atoms with E-state index >= 15 is 0 Å². The number of rotatable bonds is 4. The van der Waals surface area contributed by atoms with Crippen LogP contribution in [0.2, 0.25) is 0 Å². The molecular formula is C21H27ClN2O. The number of benzene rings is 2. The molecule has 2 aromatic carbocycles. The summed E-state index contributed by atoms with van der Waals surface area (Å²) < 4.78 is 0. The van der Waals surface area contributed by atoms with Crippen LogP contribution in [-0.2, 0) is 11.3 Å². The van der Waals surface area contributed by atoms with E-state index < -0.39 is 0 Å². The molecule has 0 heterocycles. The van der Waals surface area contributed by atoms with Crippen LogP contribution >= 0.6 is 12.4 Å². The molecule has 1 aliphatic carbocycles. The first-order valence-corrected chi connectivity index (χ1v) is 8.79. The third kappa shape index (κ3) is 4.83. The molecular weight excluding hydrogens is 332 g/mol. The summed E-state index contributed by atoms with van der Waals surface area (Å²) in [4.78, 5) is 14.6. The van der Waals surface area contributed by atoms with Crippen molar-refractivity contribution >= 4 is 18.3 Å². The minimum atomic E-state index is 0. The van der Waals surface area contributed by atoms with Crippen LogP contribution < -0.4 is 5.73 Å². The maximum absolute atomic E-state index is 12.8. The Bertz CT molecular complexity index is 689. The summed E-state index contributed by atoms with van der Waals surface area (Å²) in [6.07, 6.45) is 3.90. The number of carbonyl (C=O) groups excluding carboxylic acids is 1. The topological polar surface area (TPSA) is 46.3 Å². The second kappa shape index (κ2) is 9.02. The van der Waals surface area contributed by atoms with Gasteiger partial charge in [0.2, 0.25) is 5.91 Å². The largest absolute Gasteiger partial charge is 0.341 e. The van der Waals surface area contributed by atoms with Gasteiger partial charge in [-0.1, -0.05) is 61.0 Å². The maximum atomic E-state index is 12.8. The fraction of sp³-hybridized carbons (Fsp3) is 0.381. The molecule has 1 fully saturated rings. The maximum Gasteiger partial charge on any atom is 0.225 e. The molecule has 0 aliphatic heterocycles. The second-order valence-electron chi connectivity index (χ2n) is 6.84. The lowest BCUT2D eigenvalue weighted by Crippen LogP contribution is -2.38. The Morgan fingerprint density at radius 1 is 1.08 bits per heavy atom. The minimum absolute atomic E-state index is 0. The molecule has 0 radical (unpaired) electrons. The highest BCUT2D eigenvalue weighted by atomic mass is 35.5. The Morgan fingerprint density at radius 2 is 1.76 bits per heavy atom. The Hall–Kier alpha value is -1.84. The van der Waals surface area contributed by atoms with Gasteiger partial charge in [0.05, 0.1) is 0 Å². The highest BCUT2D eigenvalue weighted by Gasteiger charge is 2.27. The average molecular weight is 359 g/mol. The highest BCUT2D eigenvalue weighted by molar-refractivity contribution is 5.85. The van der Waals surface area contributed by atoms with E-state index in [1.165, 1.54) is 16.7 Å². The third-order valence-electron chi connectivity index (χ3n) is 4.95. The van der Waals surface area contributed by atoms with E-state index in [0.29, 0.717) is 6.54 Å². The van der Waals surface area contributed by atoms with Gasteiger partial charge in [0.1, 0.15) is 0 Å². The average Bonchev–Trinajstić information content (AvgIpc) is 2.62. The molecule has 0 bridgehead atoms. The van der Waals surface area contributed by atoms with Crippen LogP contribution in [0.5, 0.6) is 0 Å². The Kier molecular flexibility index (Phi) is 7.03. The first kappa shape index (κ1) is 19.5. The van der Waals surface area contributed by atoms with Gasteiger partial charge in [0.25, 0.3) is 0 Å². The van der Waals surface area contributed by atoms with Crippen molar-refractivity contribution in [1.82, 2.24) is 4.90 Å². The summed E-state index contributed by atoms with van der Waals surface area (Å²) in [6, 6.07) is 18.8. The Labute approximate surface area is 156 Å². The number of hydrogen-bond acceptors (Lipinski definition) is 2. The standard InChI is InChI=1S/C21H26N2O.ClH/c1-23(21(24)17-11-7-12-19(22)14-17)15-18-10-5-6-13-20(18)16-8-3-2-4-9-16;/h2-6,8-10,13,17,19H,7,11-12,14-15,22H2,1H3;1H. The SMILES string of the molecule is CN(Cc1ccccc1-c1ccccc1)C(=O)C1CCCC(N)C1.Cl. The fourth-order valence-electron chi connectivity index (χ4n) is 3.65. The summed E-state index contributed by atoms with van der Waals surface area (Å²) in [7, 11) is 1.91. The number of nitrogens with zero attached hydrogens (tertiary/aromatic N) is 1. The van der Waals surface area contributed by atoms with Crippen molar-refractivity contribution in [1.29, 1.82) is 0 Å². The zero-order valence-electron chi connectivity index (χ0n) is 14.7. The Morgan fingerprint density at radius 3 is 2.48 bits per heavy atom. The molecule has 3 rings (SSSR count). The molecule has 0 saturated heterocycles. The molecule has 0 spiro atoms. The molecule has 134 valence electrons. The summed E-state index contributed by atoms with van der Waals surface area (Å²) >= 11 is 0. The highest BCUT2D eigenvalue weighted by Crippen LogP contribution is 2.27. The number of halogens is 1. The molecule has 0 aromatic heterocycles. The Balaban J connectivity index is 0.00000225. The molecule has 3 nitrogen and oxygen atoms in total. The van der Waals surface area contributed by atoms with Gasteiger partial charge in [0, 0.05) is 25.6 Å². The molecule has 25 heavy (non-hydrogen) atoms. The van der Waals surface area contributed by atoms with Crippen LogP contribution in [0.4, 0.5) is 0 Å². The van der Waals surface area contributed by atoms with Gasteiger partial charge in [-0.15, -0.1) is 12.4 Å². The van der Waals surface area contributed by atoms with Gasteiger partial charge in [-0.2, -0.15) is 0 Å². The molecule has 4 heteroatoms. The first-order chi connectivity index (χ1) is 11.6. The molecule has 2 atom stereocenters. The number of amides is 1. The predicted octanol–water partition coefficient (Wildman–Crippen LogP) is 4.25. The van der Waals surface area contributed by atoms with E-state index in [9.17, 15) is 4.79 Å². The number of carbonyl (C=O) groups is 1. The van der Waals surface area contributed by atoms with Gasteiger partial charge < -0.3 is 10.6 Å². The second-order valence-corrected chi connectivity index (χ2v) is 6.84. The number of nitrogens with two attached hydrogens (primary N) is 1. The molecule has 2 unspecified atom stereocenters. The lowest BCUT2D eigenvalue weighted by molar-refractivity contribution is -0.135. The van der Waals surface area contributed by atoms with Gasteiger partial charge >= 0.3 is 0 Å². The van der Waals surface area contributed by atoms with E-state index in [1.807, 2.05) is 42.3 Å². The van der Waals surface area contributed by atoms with Gasteiger partial charge in [0.15, 0.2) is 0 Å². The third-order valence-corrected chi connectivity index (χ3v) is 4.95. The summed E-state index contributed by atoms with van der Waals surface area (Å²) in [5.41, 5.74) is 9.61. The minimum Gasteiger partial charge on any atom is -0.341 e. The van der Waals surface area contributed by atoms with Crippen LogP contribution in [0.15, 0.2) is 54.6 Å². The van der Waals surface area contributed by atoms with Crippen molar-refractivity contribution in [2.75, 3.05) is 7.05 Å². The van der Waals surface area contributed by atoms with Crippen LogP contribution in [0, 0.1) is 5.92 Å². The molecule has 1 saturated carbocycles. The van der Waals surface area contributed by atoms with Crippen LogP contribution in [0.1, 0.15) is 31.2 Å². The molecule has 2 aromatic rings. The van der Waals surface area contributed by atoms with Gasteiger partial charge in [-0.05, 0) is 36.0 Å². The summed E-state index contributed by atoms with van der Waals surface area (Å²) in [5.74, 6) is 0.315. The summed E-state index contributed by atoms with van der Waals surface area (Å²) in [6.45, 7) is 0.635. The normalized spacial score (nSPS) is 19.8. The van der Waals surface area contributed by atoms with Crippen molar-refractivity contribution in [3.8, 4) is 11.1 Å². The predicted molar refractivity (Wildman–Crippen MR) is 106 cm³/mol. The van der Waals surface area contributed by atoms with Crippen LogP contribution in [0.25, 0.3) is 11.1 Å². The zero-order chi connectivity index (χ0) is 16.9. The molecule has 1 amide bonds. The number of hydrogen-bond donors (Lipinski definition) is 1. The quantitative estimate of drug-likeness (QED) is 0.887. The van der Waals surface area contributed by atoms with E-state index in [1.54, 1.807) is 0 Å². The lowest BCUT2D eigenvalue weighted by atomic mass is 9.85. The van der Waals surface area contributed by atoms with Crippen molar-refractivity contribution in [3.05, 3.63) is 60.2 Å². The van der Waals surface area contributed by atoms with E-state index in [0.717, 1.165) is 25.7 Å². The smallest absolute Gasteiger partial charge is 0.225 e. The fourth-order valence-corrected chi connectivity index (χ4v) is 3.65. The monoisotopic (exact) mass is 358 g/mol. The van der Waals surface area contributed by atoms with Crippen LogP contribution in [0.3, 0.4) is 0 Å².